The first-order chi connectivity index (χ1) is 7.78. The minimum absolute atomic E-state index is 0.0370. The fourth-order valence-corrected chi connectivity index (χ4v) is 1.30. The third kappa shape index (κ3) is 4.82. The van der Waals surface area contributed by atoms with Crippen LogP contribution >= 0.6 is 12.2 Å². The van der Waals surface area contributed by atoms with E-state index in [-0.39, 0.29) is 16.6 Å². The maximum Gasteiger partial charge on any atom is 0.257 e. The number of nitrogens with two attached hydrogens (primary N) is 1. The Kier molecular flexibility index (Phi) is 4.07. The minimum Gasteiger partial charge on any atom is -0.488 e. The molecule has 5 heteroatoms. The van der Waals surface area contributed by atoms with Gasteiger partial charge in [0.1, 0.15) is 11.4 Å². The van der Waals surface area contributed by atoms with E-state index in [1.165, 1.54) is 0 Å². The van der Waals surface area contributed by atoms with Gasteiger partial charge in [-0.3, -0.25) is 10.1 Å². The number of carbonyl (C=O) groups excluding carboxylic acids is 1. The van der Waals surface area contributed by atoms with Gasteiger partial charge in [-0.25, -0.2) is 0 Å². The molecule has 0 saturated carbocycles. The first-order valence-corrected chi connectivity index (χ1v) is 5.58. The van der Waals surface area contributed by atoms with Gasteiger partial charge in [-0.1, -0.05) is 0 Å². The summed E-state index contributed by atoms with van der Waals surface area (Å²) in [7, 11) is 0. The predicted molar refractivity (Wildman–Crippen MR) is 71.1 cm³/mol. The molecule has 0 aromatic heterocycles. The second kappa shape index (κ2) is 5.14. The van der Waals surface area contributed by atoms with Crippen molar-refractivity contribution in [2.24, 2.45) is 5.73 Å². The Balaban J connectivity index is 2.74. The summed E-state index contributed by atoms with van der Waals surface area (Å²) in [6, 6.07) is 6.79. The zero-order valence-corrected chi connectivity index (χ0v) is 10.9. The molecule has 4 nitrogen and oxygen atoms in total. The van der Waals surface area contributed by atoms with Crippen LogP contribution in [0.3, 0.4) is 0 Å². The van der Waals surface area contributed by atoms with Crippen LogP contribution < -0.4 is 15.8 Å². The van der Waals surface area contributed by atoms with Crippen LogP contribution in [0.25, 0.3) is 0 Å². The van der Waals surface area contributed by atoms with Gasteiger partial charge >= 0.3 is 0 Å². The van der Waals surface area contributed by atoms with Crippen molar-refractivity contribution in [3.8, 4) is 5.75 Å². The number of benzene rings is 1. The minimum atomic E-state index is -0.320. The van der Waals surface area contributed by atoms with E-state index in [1.54, 1.807) is 24.3 Å². The average Bonchev–Trinajstić information content (AvgIpc) is 2.15. The third-order valence-electron chi connectivity index (χ3n) is 1.78. The fourth-order valence-electron chi connectivity index (χ4n) is 1.21. The lowest BCUT2D eigenvalue weighted by atomic mass is 10.1. The number of amides is 1. The molecule has 1 rings (SSSR count). The van der Waals surface area contributed by atoms with E-state index in [1.807, 2.05) is 20.8 Å². The molecule has 92 valence electrons. The van der Waals surface area contributed by atoms with Gasteiger partial charge in [0.05, 0.1) is 0 Å². The van der Waals surface area contributed by atoms with E-state index in [0.717, 1.165) is 0 Å². The smallest absolute Gasteiger partial charge is 0.257 e. The summed E-state index contributed by atoms with van der Waals surface area (Å²) in [4.78, 5) is 11.5. The number of hydrogen-bond acceptors (Lipinski definition) is 3. The molecular formula is C12H16N2O2S. The Morgan fingerprint density at radius 3 is 2.24 bits per heavy atom. The van der Waals surface area contributed by atoms with Crippen LogP contribution in [0.4, 0.5) is 0 Å². The molecule has 1 aromatic rings. The Bertz CT molecular complexity index is 421. The average molecular weight is 252 g/mol. The molecule has 0 aliphatic rings. The number of hydrogen-bond donors (Lipinski definition) is 2. The number of rotatable bonds is 2. The number of carbonyl (C=O) groups is 1. The van der Waals surface area contributed by atoms with Gasteiger partial charge in [-0.05, 0) is 57.3 Å². The summed E-state index contributed by atoms with van der Waals surface area (Å²) in [5.41, 5.74) is 5.44. The Morgan fingerprint density at radius 2 is 1.82 bits per heavy atom. The van der Waals surface area contributed by atoms with Crippen molar-refractivity contribution in [1.82, 2.24) is 5.32 Å². The molecule has 0 unspecified atom stereocenters. The highest BCUT2D eigenvalue weighted by molar-refractivity contribution is 7.80. The highest BCUT2D eigenvalue weighted by Crippen LogP contribution is 2.18. The number of ether oxygens (including phenoxy) is 1. The van der Waals surface area contributed by atoms with E-state index in [2.05, 4.69) is 17.5 Å². The van der Waals surface area contributed by atoms with E-state index in [0.29, 0.717) is 11.3 Å². The Hall–Kier alpha value is -1.62. The van der Waals surface area contributed by atoms with Crippen LogP contribution in [-0.2, 0) is 0 Å². The van der Waals surface area contributed by atoms with Gasteiger partial charge in [-0.15, -0.1) is 0 Å². The van der Waals surface area contributed by atoms with Crippen LogP contribution in [0.1, 0.15) is 31.1 Å². The molecule has 0 aliphatic carbocycles. The van der Waals surface area contributed by atoms with Gasteiger partial charge in [0.15, 0.2) is 5.11 Å². The van der Waals surface area contributed by atoms with Crippen LogP contribution in [0.15, 0.2) is 24.3 Å². The third-order valence-corrected chi connectivity index (χ3v) is 1.88. The molecule has 1 aromatic carbocycles. The maximum atomic E-state index is 11.5. The van der Waals surface area contributed by atoms with Gasteiger partial charge in [0.2, 0.25) is 0 Å². The molecule has 0 radical (unpaired) electrons. The highest BCUT2D eigenvalue weighted by atomic mass is 32.1. The summed E-state index contributed by atoms with van der Waals surface area (Å²) in [5, 5.41) is 2.32. The molecule has 0 aliphatic heterocycles. The van der Waals surface area contributed by atoms with E-state index < -0.39 is 0 Å². The summed E-state index contributed by atoms with van der Waals surface area (Å²) in [6.07, 6.45) is 0. The lowest BCUT2D eigenvalue weighted by Gasteiger charge is -2.21. The van der Waals surface area contributed by atoms with Gasteiger partial charge < -0.3 is 10.5 Å². The van der Waals surface area contributed by atoms with Crippen molar-refractivity contribution in [2.75, 3.05) is 0 Å². The van der Waals surface area contributed by atoms with Crippen molar-refractivity contribution in [3.05, 3.63) is 29.8 Å². The predicted octanol–water partition coefficient (Wildman–Crippen LogP) is 1.84. The van der Waals surface area contributed by atoms with Crippen molar-refractivity contribution in [3.63, 3.8) is 0 Å². The maximum absolute atomic E-state index is 11.5. The zero-order valence-electron chi connectivity index (χ0n) is 10.1. The summed E-state index contributed by atoms with van der Waals surface area (Å²) < 4.78 is 5.64. The summed E-state index contributed by atoms with van der Waals surface area (Å²) in [6.45, 7) is 5.88. The molecule has 0 heterocycles. The van der Waals surface area contributed by atoms with Crippen LogP contribution in [0, 0.1) is 0 Å². The molecule has 0 atom stereocenters. The lowest BCUT2D eigenvalue weighted by Crippen LogP contribution is -2.34. The zero-order chi connectivity index (χ0) is 13.1. The van der Waals surface area contributed by atoms with Crippen LogP contribution in [0.2, 0.25) is 0 Å². The Labute approximate surface area is 106 Å². The molecular weight excluding hydrogens is 236 g/mol. The molecule has 3 N–H and O–H groups in total. The van der Waals surface area contributed by atoms with Gasteiger partial charge in [0.25, 0.3) is 5.91 Å². The highest BCUT2D eigenvalue weighted by Gasteiger charge is 2.12. The van der Waals surface area contributed by atoms with Crippen molar-refractivity contribution in [2.45, 2.75) is 26.4 Å². The topological polar surface area (TPSA) is 64.3 Å². The van der Waals surface area contributed by atoms with Crippen molar-refractivity contribution < 1.29 is 9.53 Å². The monoisotopic (exact) mass is 252 g/mol. The quantitative estimate of drug-likeness (QED) is 0.788. The molecule has 1 amide bonds. The van der Waals surface area contributed by atoms with E-state index >= 15 is 0 Å². The first-order valence-electron chi connectivity index (χ1n) is 5.18. The fraction of sp³-hybridized carbons (Fsp3) is 0.333. The molecule has 0 fully saturated rings. The van der Waals surface area contributed by atoms with Gasteiger partial charge in [-0.2, -0.15) is 0 Å². The molecule has 0 bridgehead atoms. The van der Waals surface area contributed by atoms with Crippen molar-refractivity contribution in [1.29, 1.82) is 0 Å². The van der Waals surface area contributed by atoms with E-state index in [9.17, 15) is 4.79 Å². The normalized spacial score (nSPS) is 10.8. The first kappa shape index (κ1) is 13.4. The molecule has 0 spiro atoms. The second-order valence-corrected chi connectivity index (χ2v) is 5.00. The van der Waals surface area contributed by atoms with Crippen LogP contribution in [0.5, 0.6) is 5.75 Å². The SMILES string of the molecule is CC(C)(C)Oc1ccc(C(=O)NC(N)=S)cc1. The van der Waals surface area contributed by atoms with Crippen molar-refractivity contribution >= 4 is 23.2 Å². The van der Waals surface area contributed by atoms with Crippen LogP contribution in [-0.4, -0.2) is 16.6 Å². The second-order valence-electron chi connectivity index (χ2n) is 4.56. The molecule has 0 saturated heterocycles. The standard InChI is InChI=1S/C12H16N2O2S/c1-12(2,3)16-9-6-4-8(5-7-9)10(15)14-11(13)17/h4-7H,1-3H3,(H3,13,14,15,17). The lowest BCUT2D eigenvalue weighted by molar-refractivity contribution is 0.0977. The van der Waals surface area contributed by atoms with E-state index in [4.69, 9.17) is 10.5 Å². The number of nitrogens with one attached hydrogen (secondary N) is 1. The largest absolute Gasteiger partial charge is 0.488 e. The Morgan fingerprint density at radius 1 is 1.29 bits per heavy atom. The van der Waals surface area contributed by atoms with Gasteiger partial charge in [0, 0.05) is 5.56 Å². The summed E-state index contributed by atoms with van der Waals surface area (Å²) in [5.74, 6) is 0.393. The molecule has 17 heavy (non-hydrogen) atoms. The number of thiocarbonyl (C=S) groups is 1. The summed E-state index contributed by atoms with van der Waals surface area (Å²) >= 11 is 4.59.